The number of benzene rings is 2. The fourth-order valence-corrected chi connectivity index (χ4v) is 3.13. The first-order chi connectivity index (χ1) is 10.5. The van der Waals surface area contributed by atoms with E-state index in [1.807, 2.05) is 48.5 Å². The van der Waals surface area contributed by atoms with Crippen molar-refractivity contribution in [1.82, 2.24) is 0 Å². The SMILES string of the molecule is CC(=O)N1c2ccccc2N(C(C)=O)C1c1ccc(Br)cc1. The Hall–Kier alpha value is -2.14. The molecule has 0 aromatic heterocycles. The van der Waals surface area contributed by atoms with Crippen molar-refractivity contribution < 1.29 is 9.59 Å². The number of para-hydroxylation sites is 2. The zero-order chi connectivity index (χ0) is 15.9. The van der Waals surface area contributed by atoms with Gasteiger partial charge in [0.2, 0.25) is 11.8 Å². The van der Waals surface area contributed by atoms with Crippen molar-refractivity contribution in [2.45, 2.75) is 20.0 Å². The lowest BCUT2D eigenvalue weighted by Gasteiger charge is -2.29. The molecule has 2 aromatic rings. The Morgan fingerprint density at radius 3 is 1.73 bits per heavy atom. The van der Waals surface area contributed by atoms with Gasteiger partial charge in [-0.2, -0.15) is 0 Å². The Bertz CT molecular complexity index is 702. The normalized spacial score (nSPS) is 14.1. The topological polar surface area (TPSA) is 40.6 Å². The van der Waals surface area contributed by atoms with Crippen molar-refractivity contribution in [3.8, 4) is 0 Å². The van der Waals surface area contributed by atoms with Gasteiger partial charge in [-0.15, -0.1) is 0 Å². The van der Waals surface area contributed by atoms with Crippen molar-refractivity contribution >= 4 is 39.1 Å². The second kappa shape index (κ2) is 5.57. The van der Waals surface area contributed by atoms with E-state index in [2.05, 4.69) is 15.9 Å². The van der Waals surface area contributed by atoms with Gasteiger partial charge in [0, 0.05) is 18.3 Å². The van der Waals surface area contributed by atoms with Crippen LogP contribution < -0.4 is 9.80 Å². The zero-order valence-corrected chi connectivity index (χ0v) is 13.9. The van der Waals surface area contributed by atoms with Crippen LogP contribution in [0.5, 0.6) is 0 Å². The fraction of sp³-hybridized carbons (Fsp3) is 0.176. The molecular formula is C17H15BrN2O2. The Balaban J connectivity index is 2.19. The average molecular weight is 359 g/mol. The molecule has 0 unspecified atom stereocenters. The Morgan fingerprint density at radius 2 is 1.32 bits per heavy atom. The molecule has 3 rings (SSSR count). The maximum absolute atomic E-state index is 12.2. The molecule has 0 saturated carbocycles. The number of hydrogen-bond donors (Lipinski definition) is 0. The van der Waals surface area contributed by atoms with Gasteiger partial charge in [0.05, 0.1) is 11.4 Å². The van der Waals surface area contributed by atoms with Crippen LogP contribution in [0.4, 0.5) is 11.4 Å². The Morgan fingerprint density at radius 1 is 0.864 bits per heavy atom. The predicted molar refractivity (Wildman–Crippen MR) is 89.6 cm³/mol. The van der Waals surface area contributed by atoms with Gasteiger partial charge in [0.15, 0.2) is 0 Å². The third-order valence-electron chi connectivity index (χ3n) is 3.74. The Labute approximate surface area is 137 Å². The highest BCUT2D eigenvalue weighted by Gasteiger charge is 2.40. The van der Waals surface area contributed by atoms with Crippen LogP contribution in [-0.4, -0.2) is 11.8 Å². The lowest BCUT2D eigenvalue weighted by atomic mass is 10.1. The molecule has 112 valence electrons. The summed E-state index contributed by atoms with van der Waals surface area (Å²) in [7, 11) is 0. The number of halogens is 1. The Kier molecular flexibility index (Phi) is 3.74. The lowest BCUT2D eigenvalue weighted by Crippen LogP contribution is -2.40. The average Bonchev–Trinajstić information content (AvgIpc) is 2.83. The van der Waals surface area contributed by atoms with Crippen LogP contribution in [0.1, 0.15) is 25.6 Å². The molecule has 0 bridgehead atoms. The third kappa shape index (κ3) is 2.31. The standard InChI is InChI=1S/C17H15BrN2O2/c1-11(21)19-15-5-3-4-6-16(15)20(12(2)22)17(19)13-7-9-14(18)10-8-13/h3-10,17H,1-2H3. The number of rotatable bonds is 1. The number of carbonyl (C=O) groups is 2. The van der Waals surface area contributed by atoms with E-state index in [4.69, 9.17) is 0 Å². The van der Waals surface area contributed by atoms with Crippen LogP contribution in [0.25, 0.3) is 0 Å². The first kappa shape index (κ1) is 14.8. The number of hydrogen-bond acceptors (Lipinski definition) is 2. The second-order valence-corrected chi connectivity index (χ2v) is 6.11. The third-order valence-corrected chi connectivity index (χ3v) is 4.27. The fourth-order valence-electron chi connectivity index (χ4n) is 2.87. The highest BCUT2D eigenvalue weighted by molar-refractivity contribution is 9.10. The van der Waals surface area contributed by atoms with E-state index in [0.29, 0.717) is 0 Å². The summed E-state index contributed by atoms with van der Waals surface area (Å²) in [6.07, 6.45) is -0.444. The number of fused-ring (bicyclic) bond motifs is 1. The van der Waals surface area contributed by atoms with Crippen LogP contribution in [0.3, 0.4) is 0 Å². The molecule has 1 aliphatic rings. The summed E-state index contributed by atoms with van der Waals surface area (Å²) < 4.78 is 0.954. The molecule has 0 aliphatic carbocycles. The van der Waals surface area contributed by atoms with Crippen molar-refractivity contribution in [2.24, 2.45) is 0 Å². The van der Waals surface area contributed by atoms with E-state index in [9.17, 15) is 9.59 Å². The summed E-state index contributed by atoms with van der Waals surface area (Å²) >= 11 is 3.41. The number of anilines is 2. The van der Waals surface area contributed by atoms with Crippen LogP contribution in [-0.2, 0) is 9.59 Å². The summed E-state index contributed by atoms with van der Waals surface area (Å²) in [5, 5.41) is 0. The molecule has 2 amide bonds. The molecule has 0 fully saturated rings. The molecule has 1 heterocycles. The minimum atomic E-state index is -0.444. The van der Waals surface area contributed by atoms with Gasteiger partial charge in [0.1, 0.15) is 6.17 Å². The highest BCUT2D eigenvalue weighted by atomic mass is 79.9. The first-order valence-electron chi connectivity index (χ1n) is 6.95. The predicted octanol–water partition coefficient (Wildman–Crippen LogP) is 3.87. The minimum Gasteiger partial charge on any atom is -0.285 e. The summed E-state index contributed by atoms with van der Waals surface area (Å²) in [5.74, 6) is -0.187. The smallest absolute Gasteiger partial charge is 0.225 e. The number of carbonyl (C=O) groups excluding carboxylic acids is 2. The molecular weight excluding hydrogens is 344 g/mol. The molecule has 0 spiro atoms. The first-order valence-corrected chi connectivity index (χ1v) is 7.74. The van der Waals surface area contributed by atoms with E-state index in [-0.39, 0.29) is 11.8 Å². The van der Waals surface area contributed by atoms with Crippen LogP contribution in [0.15, 0.2) is 53.0 Å². The van der Waals surface area contributed by atoms with E-state index < -0.39 is 6.17 Å². The van der Waals surface area contributed by atoms with Crippen molar-refractivity contribution in [1.29, 1.82) is 0 Å². The van der Waals surface area contributed by atoms with Gasteiger partial charge in [-0.05, 0) is 29.8 Å². The second-order valence-electron chi connectivity index (χ2n) is 5.19. The van der Waals surface area contributed by atoms with Crippen LogP contribution in [0.2, 0.25) is 0 Å². The van der Waals surface area contributed by atoms with Gasteiger partial charge < -0.3 is 0 Å². The maximum Gasteiger partial charge on any atom is 0.225 e. The van der Waals surface area contributed by atoms with Crippen LogP contribution >= 0.6 is 15.9 Å². The quantitative estimate of drug-likeness (QED) is 0.776. The van der Waals surface area contributed by atoms with E-state index in [1.54, 1.807) is 9.80 Å². The molecule has 0 saturated heterocycles. The molecule has 0 radical (unpaired) electrons. The lowest BCUT2D eigenvalue weighted by molar-refractivity contribution is -0.118. The largest absolute Gasteiger partial charge is 0.285 e. The van der Waals surface area contributed by atoms with Crippen LogP contribution in [0, 0.1) is 0 Å². The number of nitrogens with zero attached hydrogens (tertiary/aromatic N) is 2. The van der Waals surface area contributed by atoms with Gasteiger partial charge >= 0.3 is 0 Å². The molecule has 2 aromatic carbocycles. The highest BCUT2D eigenvalue weighted by Crippen LogP contribution is 2.46. The van der Waals surface area contributed by atoms with E-state index in [1.165, 1.54) is 13.8 Å². The summed E-state index contributed by atoms with van der Waals surface area (Å²) in [6, 6.07) is 15.1. The molecule has 5 heteroatoms. The van der Waals surface area contributed by atoms with Crippen molar-refractivity contribution in [3.05, 3.63) is 58.6 Å². The summed E-state index contributed by atoms with van der Waals surface area (Å²) in [4.78, 5) is 27.7. The number of amides is 2. The molecule has 22 heavy (non-hydrogen) atoms. The van der Waals surface area contributed by atoms with Gasteiger partial charge in [0.25, 0.3) is 0 Å². The maximum atomic E-state index is 12.2. The molecule has 0 N–H and O–H groups in total. The summed E-state index contributed by atoms with van der Waals surface area (Å²) in [6.45, 7) is 3.04. The monoisotopic (exact) mass is 358 g/mol. The summed E-state index contributed by atoms with van der Waals surface area (Å²) in [5.41, 5.74) is 2.42. The van der Waals surface area contributed by atoms with Gasteiger partial charge in [-0.1, -0.05) is 40.2 Å². The molecule has 0 atom stereocenters. The minimum absolute atomic E-state index is 0.0934. The zero-order valence-electron chi connectivity index (χ0n) is 12.3. The van der Waals surface area contributed by atoms with Crippen molar-refractivity contribution in [3.63, 3.8) is 0 Å². The van der Waals surface area contributed by atoms with E-state index in [0.717, 1.165) is 21.4 Å². The molecule has 4 nitrogen and oxygen atoms in total. The van der Waals surface area contributed by atoms with E-state index >= 15 is 0 Å². The van der Waals surface area contributed by atoms with Gasteiger partial charge in [-0.25, -0.2) is 0 Å². The molecule has 1 aliphatic heterocycles. The van der Waals surface area contributed by atoms with Crippen molar-refractivity contribution in [2.75, 3.05) is 9.80 Å². The van der Waals surface area contributed by atoms with Gasteiger partial charge in [-0.3, -0.25) is 19.4 Å².